The summed E-state index contributed by atoms with van der Waals surface area (Å²) in [5.74, 6) is -0.955. The number of carbonyl (C=O) groups is 2. The van der Waals surface area contributed by atoms with Crippen LogP contribution in [0.2, 0.25) is 0 Å². The van der Waals surface area contributed by atoms with Crippen LogP contribution in [0.15, 0.2) is 48.5 Å². The molecule has 0 radical (unpaired) electrons. The van der Waals surface area contributed by atoms with Gasteiger partial charge in [0, 0.05) is 18.9 Å². The van der Waals surface area contributed by atoms with E-state index in [4.69, 9.17) is 9.84 Å². The molecule has 0 bridgehead atoms. The summed E-state index contributed by atoms with van der Waals surface area (Å²) in [6.07, 6.45) is -0.0261. The van der Waals surface area contributed by atoms with Crippen LogP contribution in [0.4, 0.5) is 4.79 Å². The van der Waals surface area contributed by atoms with Crippen LogP contribution < -0.4 is 5.32 Å². The van der Waals surface area contributed by atoms with Gasteiger partial charge in [-0.05, 0) is 29.2 Å². The Morgan fingerprint density at radius 2 is 1.72 bits per heavy atom. The highest BCUT2D eigenvalue weighted by molar-refractivity contribution is 7.13. The number of benzene rings is 2. The number of carbonyl (C=O) groups excluding carboxylic acids is 1. The van der Waals surface area contributed by atoms with Crippen molar-refractivity contribution in [2.75, 3.05) is 13.2 Å². The minimum Gasteiger partial charge on any atom is -0.477 e. The normalized spacial score (nSPS) is 12.3. The predicted octanol–water partition coefficient (Wildman–Crippen LogP) is 4.23. The summed E-state index contributed by atoms with van der Waals surface area (Å²) in [6, 6.07) is 16.4. The van der Waals surface area contributed by atoms with E-state index in [1.54, 1.807) is 6.92 Å². The van der Waals surface area contributed by atoms with Crippen molar-refractivity contribution in [3.05, 3.63) is 75.2 Å². The van der Waals surface area contributed by atoms with Crippen LogP contribution in [0.25, 0.3) is 11.1 Å². The molecule has 2 N–H and O–H groups in total. The molecular weight excluding hydrogens is 388 g/mol. The first kappa shape index (κ1) is 19.1. The van der Waals surface area contributed by atoms with Crippen molar-refractivity contribution in [1.82, 2.24) is 10.3 Å². The van der Waals surface area contributed by atoms with Crippen molar-refractivity contribution in [3.63, 3.8) is 0 Å². The molecule has 148 valence electrons. The Morgan fingerprint density at radius 1 is 1.10 bits per heavy atom. The number of nitrogens with one attached hydrogen (secondary N) is 1. The second-order valence-electron chi connectivity index (χ2n) is 6.83. The highest BCUT2D eigenvalue weighted by Crippen LogP contribution is 2.44. The van der Waals surface area contributed by atoms with Gasteiger partial charge in [0.2, 0.25) is 0 Å². The van der Waals surface area contributed by atoms with E-state index in [0.29, 0.717) is 23.7 Å². The molecule has 0 spiro atoms. The van der Waals surface area contributed by atoms with Crippen LogP contribution in [0.3, 0.4) is 0 Å². The molecule has 6 nitrogen and oxygen atoms in total. The highest BCUT2D eigenvalue weighted by atomic mass is 32.1. The smallest absolute Gasteiger partial charge is 0.407 e. The monoisotopic (exact) mass is 408 g/mol. The van der Waals surface area contributed by atoms with Gasteiger partial charge in [0.15, 0.2) is 0 Å². The minimum atomic E-state index is -0.976. The van der Waals surface area contributed by atoms with Gasteiger partial charge in [0.05, 0.1) is 10.7 Å². The van der Waals surface area contributed by atoms with Crippen LogP contribution >= 0.6 is 11.3 Å². The van der Waals surface area contributed by atoms with E-state index in [-0.39, 0.29) is 17.4 Å². The SMILES string of the molecule is Cc1nc(CCNC(=O)OCC2c3ccccc3-c3ccccc32)sc1C(=O)O. The molecule has 0 aliphatic heterocycles. The molecule has 1 aliphatic rings. The number of nitrogens with zero attached hydrogens (tertiary/aromatic N) is 1. The van der Waals surface area contributed by atoms with Crippen molar-refractivity contribution in [3.8, 4) is 11.1 Å². The summed E-state index contributed by atoms with van der Waals surface area (Å²) in [7, 11) is 0. The van der Waals surface area contributed by atoms with Crippen LogP contribution in [0.1, 0.15) is 37.4 Å². The number of aryl methyl sites for hydroxylation is 1. The number of amides is 1. The number of alkyl carbamates (subject to hydrolysis) is 1. The number of ether oxygens (including phenoxy) is 1. The molecule has 2 aromatic carbocycles. The van der Waals surface area contributed by atoms with Crippen molar-refractivity contribution < 1.29 is 19.4 Å². The van der Waals surface area contributed by atoms with Gasteiger partial charge in [-0.2, -0.15) is 0 Å². The molecule has 0 saturated carbocycles. The molecule has 0 unspecified atom stereocenters. The topological polar surface area (TPSA) is 88.5 Å². The third kappa shape index (κ3) is 3.86. The van der Waals surface area contributed by atoms with E-state index in [2.05, 4.69) is 34.6 Å². The Hall–Kier alpha value is -3.19. The zero-order chi connectivity index (χ0) is 20.4. The van der Waals surface area contributed by atoms with Gasteiger partial charge in [0.1, 0.15) is 11.5 Å². The Morgan fingerprint density at radius 3 is 2.31 bits per heavy atom. The fourth-order valence-corrected chi connectivity index (χ4v) is 4.58. The number of fused-ring (bicyclic) bond motifs is 3. The van der Waals surface area contributed by atoms with E-state index in [0.717, 1.165) is 11.3 Å². The van der Waals surface area contributed by atoms with E-state index >= 15 is 0 Å². The Balaban J connectivity index is 1.33. The molecule has 0 fully saturated rings. The first-order valence-electron chi connectivity index (χ1n) is 9.33. The standard InChI is InChI=1S/C22H20N2O4S/c1-13-20(21(25)26)29-19(24-13)10-11-23-22(27)28-12-18-16-8-4-2-6-14(16)15-7-3-5-9-17(15)18/h2-9,18H,10-12H2,1H3,(H,23,27)(H,25,26). The molecule has 4 rings (SSSR count). The maximum atomic E-state index is 12.1. The number of carboxylic acid groups (broad SMARTS) is 1. The van der Waals surface area contributed by atoms with E-state index in [1.165, 1.54) is 22.3 Å². The van der Waals surface area contributed by atoms with E-state index in [9.17, 15) is 9.59 Å². The zero-order valence-electron chi connectivity index (χ0n) is 15.8. The number of rotatable bonds is 6. The largest absolute Gasteiger partial charge is 0.477 e. The molecule has 0 saturated heterocycles. The number of thiazole rings is 1. The molecule has 3 aromatic rings. The van der Waals surface area contributed by atoms with Crippen molar-refractivity contribution >= 4 is 23.4 Å². The van der Waals surface area contributed by atoms with Crippen LogP contribution in [-0.2, 0) is 11.2 Å². The molecule has 29 heavy (non-hydrogen) atoms. The third-order valence-corrected chi connectivity index (χ3v) is 6.19. The second kappa shape index (κ2) is 8.05. The third-order valence-electron chi connectivity index (χ3n) is 4.99. The predicted molar refractivity (Wildman–Crippen MR) is 111 cm³/mol. The lowest BCUT2D eigenvalue weighted by molar-refractivity contribution is 0.0701. The average Bonchev–Trinajstić information content (AvgIpc) is 3.24. The maximum absolute atomic E-state index is 12.1. The lowest BCUT2D eigenvalue weighted by Gasteiger charge is -2.14. The molecule has 1 heterocycles. The summed E-state index contributed by atoms with van der Waals surface area (Å²) in [5.41, 5.74) is 5.21. The van der Waals surface area contributed by atoms with Crippen LogP contribution in [0, 0.1) is 6.92 Å². The second-order valence-corrected chi connectivity index (χ2v) is 7.91. The summed E-state index contributed by atoms with van der Waals surface area (Å²) >= 11 is 1.13. The summed E-state index contributed by atoms with van der Waals surface area (Å²) in [4.78, 5) is 27.7. The van der Waals surface area contributed by atoms with Crippen molar-refractivity contribution in [2.24, 2.45) is 0 Å². The summed E-state index contributed by atoms with van der Waals surface area (Å²) in [5, 5.41) is 12.5. The van der Waals surface area contributed by atoms with Crippen LogP contribution in [0.5, 0.6) is 0 Å². The molecule has 7 heteroatoms. The zero-order valence-corrected chi connectivity index (χ0v) is 16.7. The molecule has 1 amide bonds. The number of aromatic nitrogens is 1. The molecule has 1 aromatic heterocycles. The molecule has 0 atom stereocenters. The first-order chi connectivity index (χ1) is 14.0. The Labute approximate surface area is 172 Å². The minimum absolute atomic E-state index is 0.0212. The van der Waals surface area contributed by atoms with Gasteiger partial charge in [-0.3, -0.25) is 0 Å². The number of carboxylic acids is 1. The fourth-order valence-electron chi connectivity index (χ4n) is 3.68. The lowest BCUT2D eigenvalue weighted by atomic mass is 9.98. The van der Waals surface area contributed by atoms with Crippen molar-refractivity contribution in [1.29, 1.82) is 0 Å². The van der Waals surface area contributed by atoms with Gasteiger partial charge in [-0.1, -0.05) is 48.5 Å². The van der Waals surface area contributed by atoms with E-state index in [1.807, 2.05) is 24.3 Å². The average molecular weight is 408 g/mol. The van der Waals surface area contributed by atoms with Crippen LogP contribution in [-0.4, -0.2) is 35.3 Å². The molecular formula is C22H20N2O4S. The van der Waals surface area contributed by atoms with E-state index < -0.39 is 12.1 Å². The number of hydrogen-bond acceptors (Lipinski definition) is 5. The van der Waals surface area contributed by atoms with Gasteiger partial charge >= 0.3 is 12.1 Å². The first-order valence-corrected chi connectivity index (χ1v) is 10.1. The highest BCUT2D eigenvalue weighted by Gasteiger charge is 2.28. The number of aromatic carboxylic acids is 1. The number of hydrogen-bond donors (Lipinski definition) is 2. The molecule has 1 aliphatic carbocycles. The maximum Gasteiger partial charge on any atom is 0.407 e. The van der Waals surface area contributed by atoms with Gasteiger partial charge < -0.3 is 15.2 Å². The van der Waals surface area contributed by atoms with Gasteiger partial charge in [-0.25, -0.2) is 14.6 Å². The quantitative estimate of drug-likeness (QED) is 0.637. The fraction of sp³-hybridized carbons (Fsp3) is 0.227. The van der Waals surface area contributed by atoms with Gasteiger partial charge in [-0.15, -0.1) is 11.3 Å². The lowest BCUT2D eigenvalue weighted by Crippen LogP contribution is -2.28. The van der Waals surface area contributed by atoms with Gasteiger partial charge in [0.25, 0.3) is 0 Å². The van der Waals surface area contributed by atoms with Crippen molar-refractivity contribution in [2.45, 2.75) is 19.3 Å². The summed E-state index contributed by atoms with van der Waals surface area (Å²) in [6.45, 7) is 2.27. The Bertz CT molecular complexity index is 1030. The summed E-state index contributed by atoms with van der Waals surface area (Å²) < 4.78 is 5.48. The Kier molecular flexibility index (Phi) is 5.31.